The fourth-order valence-electron chi connectivity index (χ4n) is 1.84. The summed E-state index contributed by atoms with van der Waals surface area (Å²) in [4.78, 5) is 20.4. The van der Waals surface area contributed by atoms with Crippen LogP contribution in [-0.2, 0) is 11.2 Å². The average Bonchev–Trinajstić information content (AvgIpc) is 2.96. The number of halogens is 1. The van der Waals surface area contributed by atoms with Gasteiger partial charge in [0.2, 0.25) is 0 Å². The van der Waals surface area contributed by atoms with Crippen molar-refractivity contribution in [3.8, 4) is 16.5 Å². The third kappa shape index (κ3) is 3.53. The predicted molar refractivity (Wildman–Crippen MR) is 81.1 cm³/mol. The van der Waals surface area contributed by atoms with Crippen LogP contribution in [0, 0.1) is 5.82 Å². The van der Waals surface area contributed by atoms with Crippen LogP contribution in [0.2, 0.25) is 0 Å². The average molecular weight is 314 g/mol. The van der Waals surface area contributed by atoms with Crippen molar-refractivity contribution in [3.63, 3.8) is 0 Å². The number of hydrogen-bond acceptors (Lipinski definition) is 5. The van der Waals surface area contributed by atoms with Gasteiger partial charge in [0, 0.05) is 17.6 Å². The van der Waals surface area contributed by atoms with Crippen LogP contribution in [0.1, 0.15) is 5.69 Å². The molecule has 0 amide bonds. The summed E-state index contributed by atoms with van der Waals surface area (Å²) < 4.78 is 18.1. The number of hydrogen-bond donors (Lipinski definition) is 0. The number of carbonyl (C=O) groups is 1. The van der Waals surface area contributed by atoms with Crippen LogP contribution in [0.5, 0.6) is 5.75 Å². The Labute approximate surface area is 130 Å². The van der Waals surface area contributed by atoms with E-state index in [1.54, 1.807) is 11.6 Å². The molecule has 0 saturated heterocycles. The first-order chi connectivity index (χ1) is 10.7. The van der Waals surface area contributed by atoms with Crippen molar-refractivity contribution in [1.29, 1.82) is 0 Å². The normalized spacial score (nSPS) is 10.4. The summed E-state index contributed by atoms with van der Waals surface area (Å²) in [5.74, 6) is -0.745. The molecule has 3 aromatic rings. The van der Waals surface area contributed by atoms with Gasteiger partial charge >= 0.3 is 5.97 Å². The van der Waals surface area contributed by atoms with Crippen molar-refractivity contribution in [2.75, 3.05) is 0 Å². The summed E-state index contributed by atoms with van der Waals surface area (Å²) in [6.45, 7) is 0. The maximum absolute atomic E-state index is 13.0. The molecule has 110 valence electrons. The van der Waals surface area contributed by atoms with Crippen molar-refractivity contribution < 1.29 is 13.9 Å². The highest BCUT2D eigenvalue weighted by atomic mass is 32.1. The highest BCUT2D eigenvalue weighted by Crippen LogP contribution is 2.22. The van der Waals surface area contributed by atoms with E-state index in [2.05, 4.69) is 9.97 Å². The van der Waals surface area contributed by atoms with Crippen LogP contribution in [-0.4, -0.2) is 15.9 Å². The van der Waals surface area contributed by atoms with Crippen LogP contribution >= 0.6 is 11.3 Å². The molecule has 4 nitrogen and oxygen atoms in total. The van der Waals surface area contributed by atoms with E-state index in [4.69, 9.17) is 4.74 Å². The lowest BCUT2D eigenvalue weighted by Gasteiger charge is -2.02. The summed E-state index contributed by atoms with van der Waals surface area (Å²) in [5, 5.41) is 2.53. The minimum absolute atomic E-state index is 0.0276. The van der Waals surface area contributed by atoms with Gasteiger partial charge in [-0.2, -0.15) is 0 Å². The number of nitrogens with zero attached hydrogens (tertiary/aromatic N) is 2. The van der Waals surface area contributed by atoms with Crippen LogP contribution in [0.3, 0.4) is 0 Å². The van der Waals surface area contributed by atoms with Crippen molar-refractivity contribution in [2.24, 2.45) is 0 Å². The molecule has 22 heavy (non-hydrogen) atoms. The smallest absolute Gasteiger partial charge is 0.317 e. The zero-order chi connectivity index (χ0) is 15.4. The van der Waals surface area contributed by atoms with E-state index in [1.165, 1.54) is 29.5 Å². The SMILES string of the molecule is O=C(Cc1csc(-c2ccccn2)n1)Oc1cccc(F)c1. The third-order valence-corrected chi connectivity index (χ3v) is 3.70. The van der Waals surface area contributed by atoms with Gasteiger partial charge in [-0.25, -0.2) is 9.37 Å². The Hall–Kier alpha value is -2.60. The topological polar surface area (TPSA) is 52.1 Å². The fourth-order valence-corrected chi connectivity index (χ4v) is 2.64. The molecule has 0 atom stereocenters. The van der Waals surface area contributed by atoms with E-state index in [0.717, 1.165) is 16.8 Å². The minimum atomic E-state index is -0.483. The zero-order valence-electron chi connectivity index (χ0n) is 11.4. The summed E-state index contributed by atoms with van der Waals surface area (Å²) in [7, 11) is 0. The number of pyridine rings is 1. The molecule has 0 aliphatic rings. The van der Waals surface area contributed by atoms with E-state index >= 15 is 0 Å². The second kappa shape index (κ2) is 6.44. The van der Waals surface area contributed by atoms with Crippen molar-refractivity contribution in [2.45, 2.75) is 6.42 Å². The van der Waals surface area contributed by atoms with Crippen molar-refractivity contribution in [3.05, 3.63) is 65.6 Å². The van der Waals surface area contributed by atoms with Crippen LogP contribution in [0.15, 0.2) is 54.0 Å². The lowest BCUT2D eigenvalue weighted by Crippen LogP contribution is -2.11. The highest BCUT2D eigenvalue weighted by Gasteiger charge is 2.11. The van der Waals surface area contributed by atoms with E-state index < -0.39 is 11.8 Å². The molecule has 0 aliphatic heterocycles. The zero-order valence-corrected chi connectivity index (χ0v) is 12.2. The third-order valence-electron chi connectivity index (χ3n) is 2.79. The molecule has 0 radical (unpaired) electrons. The number of esters is 1. The van der Waals surface area contributed by atoms with Gasteiger partial charge in [0.05, 0.1) is 17.8 Å². The molecule has 0 unspecified atom stereocenters. The molecular weight excluding hydrogens is 303 g/mol. The van der Waals surface area contributed by atoms with Gasteiger partial charge in [-0.3, -0.25) is 9.78 Å². The Kier molecular flexibility index (Phi) is 4.20. The molecule has 1 aromatic carbocycles. The first-order valence-electron chi connectivity index (χ1n) is 6.53. The van der Waals surface area contributed by atoms with E-state index in [-0.39, 0.29) is 12.2 Å². The summed E-state index contributed by atoms with van der Waals surface area (Å²) >= 11 is 1.41. The number of benzene rings is 1. The summed E-state index contributed by atoms with van der Waals surface area (Å²) in [6.07, 6.45) is 1.72. The molecule has 2 heterocycles. The molecule has 6 heteroatoms. The van der Waals surface area contributed by atoms with Crippen molar-refractivity contribution >= 4 is 17.3 Å². The van der Waals surface area contributed by atoms with E-state index in [0.29, 0.717) is 5.69 Å². The molecule has 3 rings (SSSR count). The van der Waals surface area contributed by atoms with Gasteiger partial charge in [-0.05, 0) is 24.3 Å². The molecule has 0 saturated carbocycles. The predicted octanol–water partition coefficient (Wildman–Crippen LogP) is 3.49. The van der Waals surface area contributed by atoms with Crippen LogP contribution in [0.25, 0.3) is 10.7 Å². The summed E-state index contributed by atoms with van der Waals surface area (Å²) in [5.41, 5.74) is 1.37. The molecule has 0 bridgehead atoms. The minimum Gasteiger partial charge on any atom is -0.426 e. The number of rotatable bonds is 4. The van der Waals surface area contributed by atoms with E-state index in [9.17, 15) is 9.18 Å². The fraction of sp³-hybridized carbons (Fsp3) is 0.0625. The Bertz CT molecular complexity index is 790. The number of carbonyl (C=O) groups excluding carboxylic acids is 1. The largest absolute Gasteiger partial charge is 0.426 e. The maximum Gasteiger partial charge on any atom is 0.317 e. The van der Waals surface area contributed by atoms with Gasteiger partial charge in [-0.15, -0.1) is 11.3 Å². The molecule has 0 spiro atoms. The molecule has 0 fully saturated rings. The first kappa shape index (κ1) is 14.3. The standard InChI is InChI=1S/C16H11FN2O2S/c17-11-4-3-5-13(8-11)21-15(20)9-12-10-22-16(19-12)14-6-1-2-7-18-14/h1-8,10H,9H2. The Morgan fingerprint density at radius 3 is 2.91 bits per heavy atom. The molecular formula is C16H11FN2O2S. The summed E-state index contributed by atoms with van der Waals surface area (Å²) in [6, 6.07) is 11.0. The van der Waals surface area contributed by atoms with Gasteiger partial charge in [0.15, 0.2) is 0 Å². The Balaban J connectivity index is 1.66. The van der Waals surface area contributed by atoms with Gasteiger partial charge in [-0.1, -0.05) is 12.1 Å². The van der Waals surface area contributed by atoms with Gasteiger partial charge in [0.25, 0.3) is 0 Å². The number of ether oxygens (including phenoxy) is 1. The first-order valence-corrected chi connectivity index (χ1v) is 7.41. The number of thiazole rings is 1. The lowest BCUT2D eigenvalue weighted by molar-refractivity contribution is -0.133. The quantitative estimate of drug-likeness (QED) is 0.546. The van der Waals surface area contributed by atoms with E-state index in [1.807, 2.05) is 18.2 Å². The van der Waals surface area contributed by atoms with Crippen LogP contribution in [0.4, 0.5) is 4.39 Å². The number of aromatic nitrogens is 2. The highest BCUT2D eigenvalue weighted by molar-refractivity contribution is 7.13. The molecule has 0 N–H and O–H groups in total. The molecule has 0 aliphatic carbocycles. The lowest BCUT2D eigenvalue weighted by atomic mass is 10.3. The van der Waals surface area contributed by atoms with Gasteiger partial charge < -0.3 is 4.74 Å². The second-order valence-corrected chi connectivity index (χ2v) is 5.33. The Morgan fingerprint density at radius 2 is 2.14 bits per heavy atom. The van der Waals surface area contributed by atoms with Crippen molar-refractivity contribution in [1.82, 2.24) is 9.97 Å². The monoisotopic (exact) mass is 314 g/mol. The van der Waals surface area contributed by atoms with Gasteiger partial charge in [0.1, 0.15) is 16.6 Å². The maximum atomic E-state index is 13.0. The second-order valence-electron chi connectivity index (χ2n) is 4.47. The van der Waals surface area contributed by atoms with Crippen LogP contribution < -0.4 is 4.74 Å². The molecule has 2 aromatic heterocycles. The Morgan fingerprint density at radius 1 is 1.23 bits per heavy atom.